The molecule has 0 aromatic heterocycles. The van der Waals surface area contributed by atoms with E-state index in [4.69, 9.17) is 5.73 Å². The number of hydrogen-bond acceptors (Lipinski definition) is 4. The molecule has 4 N–H and O–H groups in total. The summed E-state index contributed by atoms with van der Waals surface area (Å²) >= 11 is 0. The van der Waals surface area contributed by atoms with Gasteiger partial charge in [-0.05, 0) is 36.6 Å². The van der Waals surface area contributed by atoms with Crippen LogP contribution in [0.5, 0.6) is 0 Å². The van der Waals surface area contributed by atoms with Gasteiger partial charge in [0, 0.05) is 24.1 Å². The number of carbonyl (C=O) groups excluding carboxylic acids is 3. The predicted octanol–water partition coefficient (Wildman–Crippen LogP) is 1.93. The molecule has 172 valence electrons. The van der Waals surface area contributed by atoms with E-state index < -0.39 is 18.0 Å². The van der Waals surface area contributed by atoms with E-state index >= 15 is 0 Å². The van der Waals surface area contributed by atoms with Crippen LogP contribution in [0, 0.1) is 17.8 Å². The van der Waals surface area contributed by atoms with E-state index in [9.17, 15) is 14.4 Å². The molecule has 0 radical (unpaired) electrons. The summed E-state index contributed by atoms with van der Waals surface area (Å²) in [5.41, 5.74) is 8.99. The van der Waals surface area contributed by atoms with Crippen molar-refractivity contribution in [3.63, 3.8) is 0 Å². The average molecular weight is 447 g/mol. The van der Waals surface area contributed by atoms with Crippen LogP contribution in [0.4, 0.5) is 5.69 Å². The molecule has 2 atom stereocenters. The van der Waals surface area contributed by atoms with Gasteiger partial charge in [0.1, 0.15) is 6.04 Å². The van der Waals surface area contributed by atoms with Crippen molar-refractivity contribution in [1.29, 1.82) is 0 Å². The normalized spacial score (nSPS) is 13.9. The summed E-state index contributed by atoms with van der Waals surface area (Å²) in [6.45, 7) is 5.79. The molecule has 1 aliphatic rings. The van der Waals surface area contributed by atoms with Crippen molar-refractivity contribution in [2.45, 2.75) is 45.8 Å². The predicted molar refractivity (Wildman–Crippen MR) is 128 cm³/mol. The summed E-state index contributed by atoms with van der Waals surface area (Å²) in [5.74, 6) is 5.39. The van der Waals surface area contributed by atoms with Gasteiger partial charge in [-0.1, -0.05) is 56.0 Å². The Morgan fingerprint density at radius 1 is 0.970 bits per heavy atom. The van der Waals surface area contributed by atoms with Crippen molar-refractivity contribution >= 4 is 23.4 Å². The Hall–Kier alpha value is -3.63. The average Bonchev–Trinajstić information content (AvgIpc) is 2.78. The quantitative estimate of drug-likeness (QED) is 0.565. The minimum Gasteiger partial charge on any atom is -0.354 e. The highest BCUT2D eigenvalue weighted by Crippen LogP contribution is 2.25. The van der Waals surface area contributed by atoms with E-state index in [2.05, 4.69) is 22.5 Å². The Labute approximate surface area is 194 Å². The Morgan fingerprint density at radius 2 is 1.61 bits per heavy atom. The largest absolute Gasteiger partial charge is 0.354 e. The van der Waals surface area contributed by atoms with Gasteiger partial charge in [-0.25, -0.2) is 0 Å². The summed E-state index contributed by atoms with van der Waals surface area (Å²) in [5, 5.41) is 5.45. The highest BCUT2D eigenvalue weighted by Gasteiger charge is 2.26. The third-order valence-corrected chi connectivity index (χ3v) is 5.47. The van der Waals surface area contributed by atoms with Crippen LogP contribution < -0.4 is 21.3 Å². The number of fused-ring (bicyclic) bond motifs is 2. The third-order valence-electron chi connectivity index (χ3n) is 5.47. The maximum atomic E-state index is 13.2. The van der Waals surface area contributed by atoms with Gasteiger partial charge in [0.05, 0.1) is 18.3 Å². The fraction of sp³-hybridized carbons (Fsp3) is 0.346. The number of para-hydroxylation sites is 1. The molecule has 2 aromatic rings. The SMILES string of the molecule is CC(C)[C@@H](NC(=O)[C@@H](C)N)C(=O)NCCC(=O)N1Cc2ccccc2C#Cc2ccccc21. The molecule has 0 bridgehead atoms. The van der Waals surface area contributed by atoms with Crippen LogP contribution in [-0.4, -0.2) is 36.3 Å². The number of benzene rings is 2. The van der Waals surface area contributed by atoms with Gasteiger partial charge < -0.3 is 21.3 Å². The summed E-state index contributed by atoms with van der Waals surface area (Å²) in [6, 6.07) is 13.9. The molecule has 0 spiro atoms. The number of nitrogens with two attached hydrogens (primary N) is 1. The fourth-order valence-electron chi connectivity index (χ4n) is 3.56. The number of anilines is 1. The second-order valence-electron chi connectivity index (χ2n) is 8.46. The summed E-state index contributed by atoms with van der Waals surface area (Å²) in [6.07, 6.45) is 0.113. The van der Waals surface area contributed by atoms with Crippen molar-refractivity contribution < 1.29 is 14.4 Å². The Morgan fingerprint density at radius 3 is 2.30 bits per heavy atom. The van der Waals surface area contributed by atoms with E-state index in [1.165, 1.54) is 0 Å². The zero-order chi connectivity index (χ0) is 24.0. The minimum absolute atomic E-state index is 0.113. The Bertz CT molecular complexity index is 1100. The topological polar surface area (TPSA) is 105 Å². The molecule has 2 aromatic carbocycles. The lowest BCUT2D eigenvalue weighted by Crippen LogP contribution is -2.53. The van der Waals surface area contributed by atoms with Crippen LogP contribution in [-0.2, 0) is 20.9 Å². The van der Waals surface area contributed by atoms with E-state index in [1.807, 2.05) is 62.4 Å². The van der Waals surface area contributed by atoms with Gasteiger partial charge in [-0.3, -0.25) is 14.4 Å². The molecule has 1 aliphatic heterocycles. The monoisotopic (exact) mass is 446 g/mol. The molecule has 0 saturated carbocycles. The van der Waals surface area contributed by atoms with E-state index in [1.54, 1.807) is 11.8 Å². The van der Waals surface area contributed by atoms with Crippen LogP contribution in [0.25, 0.3) is 0 Å². The first-order valence-electron chi connectivity index (χ1n) is 11.1. The first-order valence-corrected chi connectivity index (χ1v) is 11.1. The second kappa shape index (κ2) is 10.8. The summed E-state index contributed by atoms with van der Waals surface area (Å²) in [4.78, 5) is 39.5. The highest BCUT2D eigenvalue weighted by atomic mass is 16.2. The van der Waals surface area contributed by atoms with Crippen molar-refractivity contribution in [3.8, 4) is 11.8 Å². The van der Waals surface area contributed by atoms with Crippen molar-refractivity contribution in [2.75, 3.05) is 11.4 Å². The lowest BCUT2D eigenvalue weighted by Gasteiger charge is -2.26. The molecule has 0 unspecified atom stereocenters. The van der Waals surface area contributed by atoms with Crippen LogP contribution in [0.15, 0.2) is 48.5 Å². The lowest BCUT2D eigenvalue weighted by atomic mass is 10.0. The molecule has 33 heavy (non-hydrogen) atoms. The van der Waals surface area contributed by atoms with Gasteiger partial charge in [0.2, 0.25) is 17.7 Å². The van der Waals surface area contributed by atoms with Crippen LogP contribution in [0.1, 0.15) is 43.9 Å². The van der Waals surface area contributed by atoms with E-state index in [0.717, 1.165) is 22.4 Å². The molecule has 7 heteroatoms. The number of hydrogen-bond donors (Lipinski definition) is 3. The third kappa shape index (κ3) is 5.99. The van der Waals surface area contributed by atoms with Crippen molar-refractivity contribution in [1.82, 2.24) is 10.6 Å². The number of nitrogens with zero attached hydrogens (tertiary/aromatic N) is 1. The first kappa shape index (κ1) is 24.0. The zero-order valence-corrected chi connectivity index (χ0v) is 19.2. The molecule has 0 saturated heterocycles. The van der Waals surface area contributed by atoms with E-state index in [0.29, 0.717) is 6.54 Å². The molecule has 1 heterocycles. The molecule has 3 rings (SSSR count). The van der Waals surface area contributed by atoms with Crippen LogP contribution in [0.3, 0.4) is 0 Å². The summed E-state index contributed by atoms with van der Waals surface area (Å²) in [7, 11) is 0. The van der Waals surface area contributed by atoms with Crippen molar-refractivity contribution in [3.05, 3.63) is 65.2 Å². The maximum Gasteiger partial charge on any atom is 0.242 e. The number of rotatable bonds is 7. The van der Waals surface area contributed by atoms with Gasteiger partial charge in [-0.15, -0.1) is 0 Å². The Balaban J connectivity index is 1.70. The zero-order valence-electron chi connectivity index (χ0n) is 19.2. The highest BCUT2D eigenvalue weighted by molar-refractivity contribution is 5.96. The van der Waals surface area contributed by atoms with Gasteiger partial charge in [0.25, 0.3) is 0 Å². The van der Waals surface area contributed by atoms with Crippen LogP contribution in [0.2, 0.25) is 0 Å². The number of nitrogens with one attached hydrogen (secondary N) is 2. The molecule has 7 nitrogen and oxygen atoms in total. The number of amides is 3. The molecule has 0 fully saturated rings. The minimum atomic E-state index is -0.719. The van der Waals surface area contributed by atoms with Crippen molar-refractivity contribution in [2.24, 2.45) is 11.7 Å². The van der Waals surface area contributed by atoms with Gasteiger partial charge in [0.15, 0.2) is 0 Å². The van der Waals surface area contributed by atoms with E-state index in [-0.39, 0.29) is 30.7 Å². The van der Waals surface area contributed by atoms with Gasteiger partial charge >= 0.3 is 0 Å². The fourth-order valence-corrected chi connectivity index (χ4v) is 3.56. The van der Waals surface area contributed by atoms with Gasteiger partial charge in [-0.2, -0.15) is 0 Å². The maximum absolute atomic E-state index is 13.2. The molecule has 0 aliphatic carbocycles. The molecular formula is C26H30N4O3. The first-order chi connectivity index (χ1) is 15.8. The number of carbonyl (C=O) groups is 3. The van der Waals surface area contributed by atoms with Crippen LogP contribution >= 0.6 is 0 Å². The summed E-state index contributed by atoms with van der Waals surface area (Å²) < 4.78 is 0. The molecule has 3 amide bonds. The molecular weight excluding hydrogens is 416 g/mol. The Kier molecular flexibility index (Phi) is 7.86. The lowest BCUT2D eigenvalue weighted by molar-refractivity contribution is -0.130. The second-order valence-corrected chi connectivity index (χ2v) is 8.46. The smallest absolute Gasteiger partial charge is 0.242 e. The standard InChI is InChI=1S/C26H30N4O3/c1-17(2)24(29-25(32)18(3)27)26(33)28-15-14-23(31)30-16-21-10-5-4-8-19(21)12-13-20-9-6-7-11-22(20)30/h4-11,17-18,24H,14-16,27H2,1-3H3,(H,28,33)(H,29,32)/t18-,24-/m1/s1.